The van der Waals surface area contributed by atoms with E-state index in [1.165, 1.54) is 16.8 Å². The molecule has 1 aromatic carbocycles. The van der Waals surface area contributed by atoms with Crippen LogP contribution >= 0.6 is 11.8 Å². The highest BCUT2D eigenvalue weighted by Gasteiger charge is 2.49. The van der Waals surface area contributed by atoms with Crippen LogP contribution in [0.15, 0.2) is 29.2 Å². The van der Waals surface area contributed by atoms with E-state index in [1.54, 1.807) is 16.7 Å². The molecule has 1 saturated carbocycles. The third kappa shape index (κ3) is 3.20. The van der Waals surface area contributed by atoms with Crippen LogP contribution in [0, 0.1) is 17.6 Å². The van der Waals surface area contributed by atoms with Crippen LogP contribution in [0.5, 0.6) is 5.75 Å². The van der Waals surface area contributed by atoms with E-state index in [9.17, 15) is 28.3 Å². The van der Waals surface area contributed by atoms with Gasteiger partial charge in [0.2, 0.25) is 5.43 Å². The lowest BCUT2D eigenvalue weighted by atomic mass is 9.79. The average molecular weight is 447 g/mol. The number of hydrogen-bond acceptors (Lipinski definition) is 5. The third-order valence-electron chi connectivity index (χ3n) is 6.29. The average Bonchev–Trinajstić information content (AvgIpc) is 2.70. The van der Waals surface area contributed by atoms with Gasteiger partial charge in [-0.05, 0) is 24.8 Å². The minimum Gasteiger partial charge on any atom is -0.503 e. The molecule has 1 aliphatic carbocycles. The number of rotatable bonds is 3. The van der Waals surface area contributed by atoms with Crippen LogP contribution < -0.4 is 10.7 Å². The van der Waals surface area contributed by atoms with Crippen molar-refractivity contribution in [2.45, 2.75) is 37.3 Å². The zero-order chi connectivity index (χ0) is 21.9. The Bertz CT molecular complexity index is 1170. The maximum atomic E-state index is 13.8. The van der Waals surface area contributed by atoms with E-state index in [-0.39, 0.29) is 34.8 Å². The topological polar surface area (TPSA) is 91.6 Å². The van der Waals surface area contributed by atoms with Gasteiger partial charge in [-0.2, -0.15) is 0 Å². The molecule has 31 heavy (non-hydrogen) atoms. The Balaban J connectivity index is 1.43. The molecule has 1 saturated heterocycles. The molecule has 2 fully saturated rings. The van der Waals surface area contributed by atoms with Gasteiger partial charge in [-0.1, -0.05) is 6.07 Å². The lowest BCUT2D eigenvalue weighted by Crippen LogP contribution is -2.61. The predicted octanol–water partition coefficient (Wildman–Crippen LogP) is 2.07. The molecule has 2 amide bonds. The van der Waals surface area contributed by atoms with E-state index >= 15 is 0 Å². The fourth-order valence-electron chi connectivity index (χ4n) is 4.47. The summed E-state index contributed by atoms with van der Waals surface area (Å²) in [6, 6.07) is 3.10. The molecule has 1 unspecified atom stereocenters. The number of halogens is 2. The van der Waals surface area contributed by atoms with Gasteiger partial charge in [0.05, 0.1) is 11.9 Å². The van der Waals surface area contributed by atoms with Crippen LogP contribution in [0.1, 0.15) is 39.3 Å². The van der Waals surface area contributed by atoms with Crippen LogP contribution in [-0.2, 0) is 13.1 Å². The van der Waals surface area contributed by atoms with Crippen molar-refractivity contribution in [3.63, 3.8) is 0 Å². The van der Waals surface area contributed by atoms with E-state index in [0.717, 1.165) is 24.7 Å². The van der Waals surface area contributed by atoms with E-state index in [1.807, 2.05) is 0 Å². The van der Waals surface area contributed by atoms with Crippen LogP contribution in [0.4, 0.5) is 8.78 Å². The zero-order valence-corrected chi connectivity index (χ0v) is 17.1. The number of aromatic hydroxyl groups is 1. The van der Waals surface area contributed by atoms with Gasteiger partial charge in [0.25, 0.3) is 11.8 Å². The van der Waals surface area contributed by atoms with Crippen LogP contribution in [0.3, 0.4) is 0 Å². The largest absolute Gasteiger partial charge is 0.503 e. The quantitative estimate of drug-likeness (QED) is 0.752. The second-order valence-electron chi connectivity index (χ2n) is 8.05. The number of hydrogen-bond donors (Lipinski definition) is 2. The molecule has 2 N–H and O–H groups in total. The first-order valence-electron chi connectivity index (χ1n) is 9.98. The highest BCUT2D eigenvalue weighted by Crippen LogP contribution is 2.45. The summed E-state index contributed by atoms with van der Waals surface area (Å²) >= 11 is 1.66. The van der Waals surface area contributed by atoms with Crippen molar-refractivity contribution >= 4 is 23.6 Å². The summed E-state index contributed by atoms with van der Waals surface area (Å²) in [5.74, 6) is -2.12. The molecule has 10 heteroatoms. The Hall–Kier alpha value is -2.88. The van der Waals surface area contributed by atoms with Gasteiger partial charge in [-0.15, -0.1) is 11.8 Å². The second kappa shape index (κ2) is 7.37. The summed E-state index contributed by atoms with van der Waals surface area (Å²) in [7, 11) is 0. The summed E-state index contributed by atoms with van der Waals surface area (Å²) in [5.41, 5.74) is -1.34. The van der Waals surface area contributed by atoms with Gasteiger partial charge in [0.1, 0.15) is 17.2 Å². The lowest BCUT2D eigenvalue weighted by molar-refractivity contribution is 0.0260. The van der Waals surface area contributed by atoms with Crippen LogP contribution in [0.2, 0.25) is 0 Å². The Labute approximate surface area is 180 Å². The number of amides is 2. The summed E-state index contributed by atoms with van der Waals surface area (Å²) in [6.45, 7) is 0.0941. The highest BCUT2D eigenvalue weighted by atomic mass is 32.2. The third-order valence-corrected chi connectivity index (χ3v) is 7.67. The molecule has 0 bridgehead atoms. The summed E-state index contributed by atoms with van der Waals surface area (Å²) in [6.07, 6.45) is 3.26. The normalized spacial score (nSPS) is 24.0. The summed E-state index contributed by atoms with van der Waals surface area (Å²) in [4.78, 5) is 40.1. The molecule has 3 heterocycles. The van der Waals surface area contributed by atoms with Gasteiger partial charge < -0.3 is 19.9 Å². The van der Waals surface area contributed by atoms with Gasteiger partial charge in [0.15, 0.2) is 11.4 Å². The maximum absolute atomic E-state index is 13.8. The van der Waals surface area contributed by atoms with Crippen molar-refractivity contribution in [1.82, 2.24) is 14.8 Å². The molecule has 0 radical (unpaired) electrons. The number of aromatic nitrogens is 1. The highest BCUT2D eigenvalue weighted by molar-refractivity contribution is 7.99. The molecule has 3 aliphatic rings. The van der Waals surface area contributed by atoms with Gasteiger partial charge in [0, 0.05) is 36.2 Å². The monoisotopic (exact) mass is 447 g/mol. The van der Waals surface area contributed by atoms with Crippen LogP contribution in [-0.4, -0.2) is 43.6 Å². The first-order chi connectivity index (χ1) is 14.8. The fourth-order valence-corrected chi connectivity index (χ4v) is 6.01. The van der Waals surface area contributed by atoms with Gasteiger partial charge >= 0.3 is 0 Å². The lowest BCUT2D eigenvalue weighted by Gasteiger charge is -2.53. The molecule has 5 rings (SSSR count). The standard InChI is InChI=1S/C21H19F2N3O4S/c22-12-3-1-10(14(23)5-12)6-24-20(29)13-7-25-8-16-26(15-4-2-11(15)9-31-16)21(30)17(25)19(28)18(13)27/h1,3,5,7,11,15-16,28H,2,4,6,8-9H2,(H,24,29)/t11-,15-,16?/m1/s1. The molecule has 2 aromatic rings. The Morgan fingerprint density at radius 2 is 2.06 bits per heavy atom. The van der Waals surface area contributed by atoms with Crippen molar-refractivity contribution in [3.8, 4) is 5.75 Å². The maximum Gasteiger partial charge on any atom is 0.275 e. The Morgan fingerprint density at radius 3 is 2.77 bits per heavy atom. The smallest absolute Gasteiger partial charge is 0.275 e. The predicted molar refractivity (Wildman–Crippen MR) is 109 cm³/mol. The van der Waals surface area contributed by atoms with Gasteiger partial charge in [-0.25, -0.2) is 8.78 Å². The second-order valence-corrected chi connectivity index (χ2v) is 9.26. The zero-order valence-electron chi connectivity index (χ0n) is 16.3. The first kappa shape index (κ1) is 20.0. The van der Waals surface area contributed by atoms with Crippen molar-refractivity contribution in [3.05, 3.63) is 63.1 Å². The number of benzene rings is 1. The number of carbonyl (C=O) groups excluding carboxylic acids is 2. The number of nitrogens with one attached hydrogen (secondary N) is 1. The molecule has 3 atom stereocenters. The van der Waals surface area contributed by atoms with E-state index in [0.29, 0.717) is 18.5 Å². The van der Waals surface area contributed by atoms with Gasteiger partial charge in [-0.3, -0.25) is 14.4 Å². The minimum absolute atomic E-state index is 0.0523. The van der Waals surface area contributed by atoms with Crippen molar-refractivity contribution < 1.29 is 23.5 Å². The Kier molecular flexibility index (Phi) is 4.76. The number of nitrogens with zero attached hydrogens (tertiary/aromatic N) is 2. The minimum atomic E-state index is -0.954. The summed E-state index contributed by atoms with van der Waals surface area (Å²) in [5, 5.41) is 12.8. The van der Waals surface area contributed by atoms with E-state index < -0.39 is 34.6 Å². The fraction of sp³-hybridized carbons (Fsp3) is 0.381. The molecular weight excluding hydrogens is 428 g/mol. The SMILES string of the molecule is O=C(NCc1ccc(F)cc1F)c1cn2c(c(O)c1=O)C(=O)N1C(C2)SC[C@H]2CC[C@H]21. The van der Waals surface area contributed by atoms with E-state index in [2.05, 4.69) is 5.32 Å². The van der Waals surface area contributed by atoms with E-state index in [4.69, 9.17) is 0 Å². The van der Waals surface area contributed by atoms with Crippen LogP contribution in [0.25, 0.3) is 0 Å². The molecule has 162 valence electrons. The summed E-state index contributed by atoms with van der Waals surface area (Å²) < 4.78 is 28.3. The van der Waals surface area contributed by atoms with Crippen molar-refractivity contribution in [2.75, 3.05) is 5.75 Å². The molecular formula is C21H19F2N3O4S. The molecule has 0 spiro atoms. The van der Waals surface area contributed by atoms with Crippen molar-refractivity contribution in [2.24, 2.45) is 5.92 Å². The number of thioether (sulfide) groups is 1. The molecule has 1 aromatic heterocycles. The number of fused-ring (bicyclic) bond motifs is 4. The molecule has 2 aliphatic heterocycles. The molecule has 7 nitrogen and oxygen atoms in total. The van der Waals surface area contributed by atoms with Crippen molar-refractivity contribution in [1.29, 1.82) is 0 Å². The number of pyridine rings is 1. The Morgan fingerprint density at radius 1 is 1.26 bits per heavy atom. The number of carbonyl (C=O) groups is 2. The first-order valence-corrected chi connectivity index (χ1v) is 11.0.